The van der Waals surface area contributed by atoms with Crippen LogP contribution in [0.5, 0.6) is 11.5 Å². The van der Waals surface area contributed by atoms with Gasteiger partial charge in [0.25, 0.3) is 5.91 Å². The Balaban J connectivity index is 1.54. The van der Waals surface area contributed by atoms with E-state index in [1.165, 1.54) is 23.1 Å². The zero-order valence-electron chi connectivity index (χ0n) is 18.4. The summed E-state index contributed by atoms with van der Waals surface area (Å²) in [5.74, 6) is 1.28. The van der Waals surface area contributed by atoms with Crippen molar-refractivity contribution in [1.29, 1.82) is 0 Å². The van der Waals surface area contributed by atoms with Gasteiger partial charge in [0.15, 0.2) is 15.8 Å². The highest BCUT2D eigenvalue weighted by Gasteiger charge is 2.12. The highest BCUT2D eigenvalue weighted by atomic mass is 79.9. The van der Waals surface area contributed by atoms with Crippen molar-refractivity contribution in [3.05, 3.63) is 52.5 Å². The number of halogens is 1. The number of rotatable bonds is 12. The molecule has 0 saturated carbocycles. The van der Waals surface area contributed by atoms with Crippen molar-refractivity contribution in [1.82, 2.24) is 15.6 Å². The van der Waals surface area contributed by atoms with E-state index >= 15 is 0 Å². The third-order valence-electron chi connectivity index (χ3n) is 4.23. The molecule has 0 spiro atoms. The minimum Gasteiger partial charge on any atom is -0.490 e. The molecule has 0 atom stereocenters. The molecule has 1 N–H and O–H groups in total. The van der Waals surface area contributed by atoms with Gasteiger partial charge in [-0.25, -0.2) is 5.43 Å². The molecule has 0 radical (unpaired) electrons. The lowest BCUT2D eigenvalue weighted by atomic mass is 10.2. The van der Waals surface area contributed by atoms with Gasteiger partial charge < -0.3 is 9.47 Å². The maximum absolute atomic E-state index is 12.2. The molecule has 0 unspecified atom stereocenters. The summed E-state index contributed by atoms with van der Waals surface area (Å²) < 4.78 is 13.1. The van der Waals surface area contributed by atoms with E-state index in [1.54, 1.807) is 6.21 Å². The Morgan fingerprint density at radius 3 is 2.79 bits per heavy atom. The van der Waals surface area contributed by atoms with E-state index in [4.69, 9.17) is 9.47 Å². The molecule has 0 saturated heterocycles. The fourth-order valence-electron chi connectivity index (χ4n) is 2.69. The third kappa shape index (κ3) is 7.83. The van der Waals surface area contributed by atoms with Gasteiger partial charge in [-0.1, -0.05) is 66.8 Å². The summed E-state index contributed by atoms with van der Waals surface area (Å²) in [6.07, 6.45) is 3.59. The summed E-state index contributed by atoms with van der Waals surface area (Å²) in [7, 11) is 0. The lowest BCUT2D eigenvalue weighted by Gasteiger charge is -2.14. The van der Waals surface area contributed by atoms with Crippen LogP contribution in [-0.2, 0) is 4.79 Å². The van der Waals surface area contributed by atoms with Crippen LogP contribution < -0.4 is 14.9 Å². The van der Waals surface area contributed by atoms with Crippen LogP contribution in [-0.4, -0.2) is 41.3 Å². The molecule has 0 aliphatic heterocycles. The van der Waals surface area contributed by atoms with E-state index in [-0.39, 0.29) is 11.7 Å². The van der Waals surface area contributed by atoms with Crippen LogP contribution >= 0.6 is 39.0 Å². The number of hydrazone groups is 1. The number of aromatic nitrogens is 2. The van der Waals surface area contributed by atoms with Gasteiger partial charge in [-0.15, -0.1) is 10.2 Å². The number of ether oxygens (including phenoxy) is 2. The molecule has 0 fully saturated rings. The number of unbranched alkanes of at least 4 members (excludes halogenated alkanes) is 1. The minimum absolute atomic E-state index is 0.193. The van der Waals surface area contributed by atoms with Gasteiger partial charge in [-0.3, -0.25) is 4.79 Å². The van der Waals surface area contributed by atoms with Crippen LogP contribution in [0.25, 0.3) is 10.6 Å². The van der Waals surface area contributed by atoms with Crippen molar-refractivity contribution in [2.24, 2.45) is 5.10 Å². The Bertz CT molecular complexity index is 1080. The first kappa shape index (κ1) is 25.2. The molecule has 3 aromatic rings. The van der Waals surface area contributed by atoms with Crippen molar-refractivity contribution >= 4 is 51.2 Å². The number of carbonyl (C=O) groups excluding carboxylic acids is 1. The summed E-state index contributed by atoms with van der Waals surface area (Å²) in [6.45, 7) is 5.17. The SMILES string of the molecule is CCCCOc1c(Br)cc(C=NNC(=O)CSc2nnc(-c3ccccc3)s2)cc1OCC. The summed E-state index contributed by atoms with van der Waals surface area (Å²) in [6, 6.07) is 13.5. The summed E-state index contributed by atoms with van der Waals surface area (Å²) in [5.41, 5.74) is 4.33. The Morgan fingerprint density at radius 2 is 2.03 bits per heavy atom. The lowest BCUT2D eigenvalue weighted by Crippen LogP contribution is -2.19. The molecule has 0 aliphatic carbocycles. The standard InChI is InChI=1S/C23H25BrN4O3S2/c1-3-5-11-31-21-18(24)12-16(13-19(21)30-4-2)14-25-26-20(29)15-32-23-28-27-22(33-23)17-9-7-6-8-10-17/h6-10,12-14H,3-5,11,15H2,1-2H3,(H,26,29). The largest absolute Gasteiger partial charge is 0.490 e. The molecule has 3 rings (SSSR count). The zero-order chi connectivity index (χ0) is 23.5. The molecule has 1 heterocycles. The fraction of sp³-hybridized carbons (Fsp3) is 0.304. The molecule has 7 nitrogen and oxygen atoms in total. The smallest absolute Gasteiger partial charge is 0.250 e. The average Bonchev–Trinajstić information content (AvgIpc) is 3.29. The topological polar surface area (TPSA) is 85.7 Å². The number of amides is 1. The van der Waals surface area contributed by atoms with Crippen LogP contribution in [0.3, 0.4) is 0 Å². The number of hydrogen-bond acceptors (Lipinski definition) is 8. The number of nitrogens with zero attached hydrogens (tertiary/aromatic N) is 3. The van der Waals surface area contributed by atoms with Gasteiger partial charge in [-0.2, -0.15) is 5.10 Å². The maximum atomic E-state index is 12.2. The zero-order valence-corrected chi connectivity index (χ0v) is 21.6. The molecule has 174 valence electrons. The number of hydrogen-bond donors (Lipinski definition) is 1. The van der Waals surface area contributed by atoms with Crippen LogP contribution in [0, 0.1) is 0 Å². The van der Waals surface area contributed by atoms with E-state index in [9.17, 15) is 4.79 Å². The molecular formula is C23H25BrN4O3S2. The second-order valence-corrected chi connectivity index (χ2v) is 9.84. The molecule has 2 aromatic carbocycles. The number of carbonyl (C=O) groups is 1. The van der Waals surface area contributed by atoms with Gasteiger partial charge in [0.2, 0.25) is 0 Å². The van der Waals surface area contributed by atoms with Crippen LogP contribution in [0.4, 0.5) is 0 Å². The van der Waals surface area contributed by atoms with Crippen LogP contribution in [0.15, 0.2) is 56.4 Å². The molecule has 0 bridgehead atoms. The summed E-state index contributed by atoms with van der Waals surface area (Å²) in [4.78, 5) is 12.2. The van der Waals surface area contributed by atoms with Gasteiger partial charge >= 0.3 is 0 Å². The first-order valence-electron chi connectivity index (χ1n) is 10.5. The summed E-state index contributed by atoms with van der Waals surface area (Å²) in [5, 5.41) is 13.2. The van der Waals surface area contributed by atoms with Crippen molar-refractivity contribution in [3.8, 4) is 22.1 Å². The number of benzene rings is 2. The fourth-order valence-corrected chi connectivity index (χ4v) is 4.91. The quantitative estimate of drug-likeness (QED) is 0.133. The predicted octanol–water partition coefficient (Wildman–Crippen LogP) is 5.79. The summed E-state index contributed by atoms with van der Waals surface area (Å²) >= 11 is 6.33. The van der Waals surface area contributed by atoms with Crippen molar-refractivity contribution < 1.29 is 14.3 Å². The molecular weight excluding hydrogens is 524 g/mol. The Kier molecular flexibility index (Phi) is 10.2. The van der Waals surface area contributed by atoms with Gasteiger partial charge in [0.1, 0.15) is 5.01 Å². The third-order valence-corrected chi connectivity index (χ3v) is 6.93. The predicted molar refractivity (Wildman–Crippen MR) is 138 cm³/mol. The monoisotopic (exact) mass is 548 g/mol. The Labute approximate surface area is 210 Å². The van der Waals surface area contributed by atoms with Crippen molar-refractivity contribution in [2.75, 3.05) is 19.0 Å². The van der Waals surface area contributed by atoms with Crippen LogP contribution in [0.2, 0.25) is 0 Å². The first-order chi connectivity index (χ1) is 16.1. The van der Waals surface area contributed by atoms with E-state index in [1.807, 2.05) is 49.4 Å². The second kappa shape index (κ2) is 13.3. The van der Waals surface area contributed by atoms with E-state index in [2.05, 4.69) is 43.6 Å². The van der Waals surface area contributed by atoms with E-state index in [0.29, 0.717) is 24.7 Å². The Morgan fingerprint density at radius 1 is 1.21 bits per heavy atom. The Hall–Kier alpha value is -2.43. The molecule has 1 amide bonds. The van der Waals surface area contributed by atoms with Crippen LogP contribution in [0.1, 0.15) is 32.3 Å². The highest BCUT2D eigenvalue weighted by Crippen LogP contribution is 2.36. The first-order valence-corrected chi connectivity index (χ1v) is 13.1. The van der Waals surface area contributed by atoms with Gasteiger partial charge in [-0.05, 0) is 47.0 Å². The van der Waals surface area contributed by atoms with Gasteiger partial charge in [0, 0.05) is 5.56 Å². The van der Waals surface area contributed by atoms with E-state index < -0.39 is 0 Å². The molecule has 1 aromatic heterocycles. The number of thioether (sulfide) groups is 1. The number of nitrogens with one attached hydrogen (secondary N) is 1. The van der Waals surface area contributed by atoms with Crippen molar-refractivity contribution in [2.45, 2.75) is 31.0 Å². The molecule has 0 aliphatic rings. The average molecular weight is 550 g/mol. The maximum Gasteiger partial charge on any atom is 0.250 e. The minimum atomic E-state index is -0.226. The normalized spacial score (nSPS) is 11.0. The highest BCUT2D eigenvalue weighted by molar-refractivity contribution is 9.10. The van der Waals surface area contributed by atoms with Gasteiger partial charge in [0.05, 0.1) is 29.7 Å². The van der Waals surface area contributed by atoms with E-state index in [0.717, 1.165) is 37.8 Å². The molecule has 10 heteroatoms. The van der Waals surface area contributed by atoms with Crippen molar-refractivity contribution in [3.63, 3.8) is 0 Å². The lowest BCUT2D eigenvalue weighted by molar-refractivity contribution is -0.118. The molecule has 33 heavy (non-hydrogen) atoms. The second-order valence-electron chi connectivity index (χ2n) is 6.79.